The Labute approximate surface area is 244 Å². The van der Waals surface area contributed by atoms with Gasteiger partial charge in [0.25, 0.3) is 11.8 Å². The third-order valence-electron chi connectivity index (χ3n) is 7.61. The van der Waals surface area contributed by atoms with Crippen LogP contribution in [0.5, 0.6) is 0 Å². The van der Waals surface area contributed by atoms with Gasteiger partial charge in [0.05, 0.1) is 40.4 Å². The minimum atomic E-state index is -0.684. The van der Waals surface area contributed by atoms with Crippen LogP contribution < -0.4 is 5.32 Å². The molecule has 7 rings (SSSR count). The van der Waals surface area contributed by atoms with Crippen LogP contribution in [-0.2, 0) is 13.1 Å². The molecule has 0 saturated heterocycles. The first-order valence-corrected chi connectivity index (χ1v) is 14.7. The molecule has 0 atom stereocenters. The van der Waals surface area contributed by atoms with Gasteiger partial charge >= 0.3 is 0 Å². The largest absolute Gasteiger partial charge is 0.328 e. The highest BCUT2D eigenvalue weighted by atomic mass is 32.1. The van der Waals surface area contributed by atoms with E-state index >= 15 is 4.39 Å². The van der Waals surface area contributed by atoms with Gasteiger partial charge in [-0.25, -0.2) is 14.4 Å². The van der Waals surface area contributed by atoms with E-state index in [0.717, 1.165) is 24.2 Å². The minimum absolute atomic E-state index is 0.117. The van der Waals surface area contributed by atoms with Gasteiger partial charge in [0.15, 0.2) is 5.82 Å². The summed E-state index contributed by atoms with van der Waals surface area (Å²) in [5.41, 5.74) is 3.48. The third-order valence-corrected chi connectivity index (χ3v) is 8.46. The van der Waals surface area contributed by atoms with Crippen molar-refractivity contribution in [1.29, 1.82) is 0 Å². The highest BCUT2D eigenvalue weighted by Gasteiger charge is 2.34. The summed E-state index contributed by atoms with van der Waals surface area (Å²) in [7, 11) is 0. The molecule has 5 heterocycles. The molecule has 42 heavy (non-hydrogen) atoms. The summed E-state index contributed by atoms with van der Waals surface area (Å²) in [5.74, 6) is -0.254. The first kappa shape index (κ1) is 26.2. The Morgan fingerprint density at radius 2 is 1.95 bits per heavy atom. The van der Waals surface area contributed by atoms with Crippen molar-refractivity contribution in [3.05, 3.63) is 93.7 Å². The summed E-state index contributed by atoms with van der Waals surface area (Å²) in [5, 5.41) is 12.8. The zero-order chi connectivity index (χ0) is 29.0. The van der Waals surface area contributed by atoms with Crippen LogP contribution in [0.1, 0.15) is 75.6 Å². The Morgan fingerprint density at radius 1 is 1.10 bits per heavy atom. The Morgan fingerprint density at radius 3 is 2.71 bits per heavy atom. The van der Waals surface area contributed by atoms with Crippen molar-refractivity contribution in [3.63, 3.8) is 0 Å². The number of benzene rings is 1. The monoisotopic (exact) mass is 582 g/mol. The van der Waals surface area contributed by atoms with Crippen LogP contribution in [0.3, 0.4) is 0 Å². The molecule has 1 N–H and O–H groups in total. The number of nitrogens with one attached hydrogen (secondary N) is 1. The molecule has 12 heteroatoms. The second-order valence-electron chi connectivity index (χ2n) is 10.8. The van der Waals surface area contributed by atoms with Gasteiger partial charge < -0.3 is 19.4 Å². The number of carbonyl (C=O) groups is 2. The Bertz CT molecular complexity index is 1820. The lowest BCUT2D eigenvalue weighted by atomic mass is 10.1. The number of halogens is 1. The van der Waals surface area contributed by atoms with Crippen LogP contribution >= 0.6 is 11.3 Å². The van der Waals surface area contributed by atoms with E-state index in [0.29, 0.717) is 40.1 Å². The second kappa shape index (κ2) is 10.3. The number of hydrogen-bond acceptors (Lipinski definition) is 7. The number of pyridine rings is 1. The fourth-order valence-electron chi connectivity index (χ4n) is 5.34. The third kappa shape index (κ3) is 4.67. The normalized spacial score (nSPS) is 14.4. The predicted octanol–water partition coefficient (Wildman–Crippen LogP) is 5.59. The van der Waals surface area contributed by atoms with Gasteiger partial charge in [-0.05, 0) is 68.0 Å². The van der Waals surface area contributed by atoms with E-state index in [4.69, 9.17) is 0 Å². The number of anilines is 1. The summed E-state index contributed by atoms with van der Waals surface area (Å²) >= 11 is 1.38. The lowest BCUT2D eigenvalue weighted by molar-refractivity contribution is 0.0734. The van der Waals surface area contributed by atoms with E-state index in [-0.39, 0.29) is 29.9 Å². The first-order chi connectivity index (χ1) is 20.4. The van der Waals surface area contributed by atoms with Crippen LogP contribution in [0.15, 0.2) is 60.5 Å². The highest BCUT2D eigenvalue weighted by Crippen LogP contribution is 2.42. The molecule has 2 aliphatic rings. The maximum atomic E-state index is 15.6. The van der Waals surface area contributed by atoms with E-state index in [1.807, 2.05) is 34.4 Å². The van der Waals surface area contributed by atoms with E-state index in [9.17, 15) is 9.59 Å². The van der Waals surface area contributed by atoms with Crippen molar-refractivity contribution < 1.29 is 14.0 Å². The van der Waals surface area contributed by atoms with Crippen molar-refractivity contribution in [1.82, 2.24) is 34.2 Å². The number of carbonyl (C=O) groups excluding carboxylic acids is 2. The summed E-state index contributed by atoms with van der Waals surface area (Å²) in [6, 6.07) is 11.8. The SMILES string of the molecule is CC(C)n1cnnc1-c1cccc(NC(=O)c2cc3c(cc2F)CN(C(=O)c2cccs2)Cc2c(C4CC4)ncn2-3)n1. The number of hydrogen-bond donors (Lipinski definition) is 1. The van der Waals surface area contributed by atoms with Gasteiger partial charge in [-0.2, -0.15) is 0 Å². The molecule has 0 radical (unpaired) electrons. The maximum absolute atomic E-state index is 15.6. The van der Waals surface area contributed by atoms with Crippen LogP contribution in [0.4, 0.5) is 10.2 Å². The number of amides is 2. The van der Waals surface area contributed by atoms with E-state index in [1.54, 1.807) is 47.9 Å². The number of imidazole rings is 1. The van der Waals surface area contributed by atoms with Gasteiger partial charge in [-0.15, -0.1) is 21.5 Å². The fraction of sp³-hybridized carbons (Fsp3) is 0.267. The Kier molecular flexibility index (Phi) is 6.42. The average molecular weight is 583 g/mol. The molecular formula is C30H27FN8O2S. The second-order valence-corrected chi connectivity index (χ2v) is 11.8. The highest BCUT2D eigenvalue weighted by molar-refractivity contribution is 7.12. The molecular weight excluding hydrogens is 555 g/mol. The lowest BCUT2D eigenvalue weighted by Crippen LogP contribution is -2.29. The van der Waals surface area contributed by atoms with Crippen LogP contribution in [0.2, 0.25) is 0 Å². The molecule has 1 aromatic carbocycles. The van der Waals surface area contributed by atoms with Gasteiger partial charge in [0, 0.05) is 18.5 Å². The number of aromatic nitrogens is 6. The van der Waals surface area contributed by atoms with Crippen molar-refractivity contribution in [2.24, 2.45) is 0 Å². The van der Waals surface area contributed by atoms with Gasteiger partial charge in [0.2, 0.25) is 0 Å². The quantitative estimate of drug-likeness (QED) is 0.279. The predicted molar refractivity (Wildman–Crippen MR) is 155 cm³/mol. The molecule has 212 valence electrons. The fourth-order valence-corrected chi connectivity index (χ4v) is 6.03. The smallest absolute Gasteiger partial charge is 0.264 e. The van der Waals surface area contributed by atoms with Gasteiger partial charge in [-0.1, -0.05) is 12.1 Å². The van der Waals surface area contributed by atoms with Crippen molar-refractivity contribution in [2.75, 3.05) is 5.32 Å². The summed E-state index contributed by atoms with van der Waals surface area (Å²) in [6.45, 7) is 4.57. The number of nitrogens with zero attached hydrogens (tertiary/aromatic N) is 7. The molecule has 10 nitrogen and oxygen atoms in total. The molecule has 2 amide bonds. The molecule has 0 bridgehead atoms. The van der Waals surface area contributed by atoms with Crippen LogP contribution in [-0.4, -0.2) is 46.0 Å². The molecule has 1 saturated carbocycles. The minimum Gasteiger partial charge on any atom is -0.328 e. The topological polar surface area (TPSA) is 111 Å². The summed E-state index contributed by atoms with van der Waals surface area (Å²) in [4.78, 5) is 38.4. The molecule has 1 aliphatic heterocycles. The molecule has 1 fully saturated rings. The number of rotatable bonds is 6. The van der Waals surface area contributed by atoms with Gasteiger partial charge in [-0.3, -0.25) is 9.59 Å². The zero-order valence-electron chi connectivity index (χ0n) is 23.0. The average Bonchev–Trinajstić information content (AvgIpc) is 3.35. The van der Waals surface area contributed by atoms with Gasteiger partial charge in [0.1, 0.15) is 23.7 Å². The molecule has 5 aromatic rings. The standard InChI is InChI=1S/C30H27FN8O2S/c1-17(2)38-16-33-36-28(38)22-5-3-7-26(34-22)35-29(40)20-12-23-19(11-21(20)31)13-37(30(41)25-6-4-10-42-25)14-24-27(18-8-9-18)32-15-39(23)24/h3-7,10-12,15-18H,8-9,13-14H2,1-2H3,(H,34,35,40). The number of thiophene rings is 1. The van der Waals surface area contributed by atoms with E-state index in [1.165, 1.54) is 17.4 Å². The van der Waals surface area contributed by atoms with Crippen molar-refractivity contribution in [2.45, 2.75) is 51.7 Å². The lowest BCUT2D eigenvalue weighted by Gasteiger charge is -2.20. The van der Waals surface area contributed by atoms with Crippen molar-refractivity contribution >= 4 is 29.0 Å². The summed E-state index contributed by atoms with van der Waals surface area (Å²) < 4.78 is 19.4. The van der Waals surface area contributed by atoms with Crippen LogP contribution in [0, 0.1) is 5.82 Å². The maximum Gasteiger partial charge on any atom is 0.264 e. The molecule has 4 aromatic heterocycles. The Hall–Kier alpha value is -4.71. The first-order valence-electron chi connectivity index (χ1n) is 13.8. The number of fused-ring (bicyclic) bond motifs is 3. The molecule has 0 unspecified atom stereocenters. The van der Waals surface area contributed by atoms with E-state index in [2.05, 4.69) is 25.5 Å². The van der Waals surface area contributed by atoms with Crippen molar-refractivity contribution in [3.8, 4) is 17.2 Å². The Balaban J connectivity index is 1.23. The zero-order valence-corrected chi connectivity index (χ0v) is 23.8. The summed E-state index contributed by atoms with van der Waals surface area (Å²) in [6.07, 6.45) is 5.45. The van der Waals surface area contributed by atoms with E-state index < -0.39 is 11.7 Å². The molecule has 0 spiro atoms. The van der Waals surface area contributed by atoms with Crippen LogP contribution in [0.25, 0.3) is 17.2 Å². The molecule has 1 aliphatic carbocycles.